The summed E-state index contributed by atoms with van der Waals surface area (Å²) in [4.78, 5) is 10.4. The zero-order chi connectivity index (χ0) is 23.0. The van der Waals surface area contributed by atoms with E-state index in [4.69, 9.17) is 4.74 Å². The fraction of sp³-hybridized carbons (Fsp3) is 0.167. The lowest BCUT2D eigenvalue weighted by Gasteiger charge is -2.29. The Balaban J connectivity index is 1.93. The number of para-hydroxylation sites is 1. The molecule has 7 nitrogen and oxygen atoms in total. The Bertz CT molecular complexity index is 1150. The summed E-state index contributed by atoms with van der Waals surface area (Å²) in [6.07, 6.45) is 1.49. The van der Waals surface area contributed by atoms with E-state index in [1.807, 2.05) is 36.4 Å². The maximum absolute atomic E-state index is 13.6. The lowest BCUT2D eigenvalue weighted by Crippen LogP contribution is -2.41. The average Bonchev–Trinajstić information content (AvgIpc) is 2.82. The van der Waals surface area contributed by atoms with Crippen molar-refractivity contribution < 1.29 is 18.1 Å². The largest absolute Gasteiger partial charge is 0.375 e. The minimum absolute atomic E-state index is 0.0145. The maximum atomic E-state index is 13.6. The molecule has 8 heteroatoms. The number of nitro groups is 1. The van der Waals surface area contributed by atoms with Gasteiger partial charge < -0.3 is 4.74 Å². The van der Waals surface area contributed by atoms with Crippen molar-refractivity contribution in [2.24, 2.45) is 0 Å². The predicted molar refractivity (Wildman–Crippen MR) is 122 cm³/mol. The molecule has 0 aliphatic carbocycles. The summed E-state index contributed by atoms with van der Waals surface area (Å²) in [5.41, 5.74) is 1.22. The number of sulfonamides is 1. The Morgan fingerprint density at radius 1 is 0.938 bits per heavy atom. The van der Waals surface area contributed by atoms with Gasteiger partial charge in [-0.3, -0.25) is 10.1 Å². The van der Waals surface area contributed by atoms with Crippen molar-refractivity contribution in [3.63, 3.8) is 0 Å². The van der Waals surface area contributed by atoms with Gasteiger partial charge in [0.15, 0.2) is 4.90 Å². The van der Waals surface area contributed by atoms with E-state index < -0.39 is 26.7 Å². The molecular weight excluding hydrogens is 428 g/mol. The van der Waals surface area contributed by atoms with Crippen LogP contribution in [0.25, 0.3) is 0 Å². The summed E-state index contributed by atoms with van der Waals surface area (Å²) >= 11 is 0. The van der Waals surface area contributed by atoms with Crippen LogP contribution in [0.1, 0.15) is 11.1 Å². The topological polar surface area (TPSA) is 89.8 Å². The van der Waals surface area contributed by atoms with E-state index in [1.165, 1.54) is 34.6 Å². The van der Waals surface area contributed by atoms with Crippen LogP contribution < -0.4 is 0 Å². The second-order valence-electron chi connectivity index (χ2n) is 7.06. The van der Waals surface area contributed by atoms with Crippen molar-refractivity contribution in [1.82, 2.24) is 4.31 Å². The van der Waals surface area contributed by atoms with E-state index in [2.05, 4.69) is 6.58 Å². The van der Waals surface area contributed by atoms with Crippen molar-refractivity contribution in [2.75, 3.05) is 6.61 Å². The molecule has 3 rings (SSSR count). The van der Waals surface area contributed by atoms with Crippen LogP contribution in [0, 0.1) is 10.1 Å². The molecule has 0 amide bonds. The van der Waals surface area contributed by atoms with E-state index in [0.717, 1.165) is 11.1 Å². The van der Waals surface area contributed by atoms with Crippen molar-refractivity contribution in [2.45, 2.75) is 24.1 Å². The minimum atomic E-state index is -4.24. The summed E-state index contributed by atoms with van der Waals surface area (Å²) in [6, 6.07) is 23.2. The first-order valence-corrected chi connectivity index (χ1v) is 11.4. The van der Waals surface area contributed by atoms with Gasteiger partial charge in [-0.25, -0.2) is 8.42 Å². The monoisotopic (exact) mass is 452 g/mol. The van der Waals surface area contributed by atoms with E-state index in [1.54, 1.807) is 24.3 Å². The van der Waals surface area contributed by atoms with Gasteiger partial charge in [0, 0.05) is 12.6 Å². The van der Waals surface area contributed by atoms with E-state index >= 15 is 0 Å². The van der Waals surface area contributed by atoms with Crippen LogP contribution in [0.15, 0.2) is 102 Å². The van der Waals surface area contributed by atoms with Gasteiger partial charge in [0.25, 0.3) is 15.7 Å². The molecule has 0 aliphatic rings. The second kappa shape index (κ2) is 10.8. The lowest BCUT2D eigenvalue weighted by atomic mass is 10.2. The molecule has 0 saturated heterocycles. The number of rotatable bonds is 11. The summed E-state index contributed by atoms with van der Waals surface area (Å²) < 4.78 is 34.2. The molecule has 0 radical (unpaired) electrons. The van der Waals surface area contributed by atoms with Crippen molar-refractivity contribution >= 4 is 15.7 Å². The fourth-order valence-electron chi connectivity index (χ4n) is 3.24. The zero-order valence-electron chi connectivity index (χ0n) is 17.4. The van der Waals surface area contributed by atoms with E-state index in [0.29, 0.717) is 6.61 Å². The molecule has 0 spiro atoms. The highest BCUT2D eigenvalue weighted by atomic mass is 32.2. The molecule has 3 aromatic rings. The summed E-state index contributed by atoms with van der Waals surface area (Å²) in [7, 11) is -4.24. The van der Waals surface area contributed by atoms with Crippen molar-refractivity contribution in [3.05, 3.63) is 119 Å². The van der Waals surface area contributed by atoms with Gasteiger partial charge in [-0.1, -0.05) is 78.9 Å². The number of hydrogen-bond donors (Lipinski definition) is 0. The predicted octanol–water partition coefficient (Wildman–Crippen LogP) is 4.56. The molecule has 0 N–H and O–H groups in total. The quantitative estimate of drug-likeness (QED) is 0.242. The Kier molecular flexibility index (Phi) is 7.88. The Morgan fingerprint density at radius 2 is 1.50 bits per heavy atom. The summed E-state index contributed by atoms with van der Waals surface area (Å²) in [6.45, 7) is 4.16. The van der Waals surface area contributed by atoms with Crippen LogP contribution >= 0.6 is 0 Å². The molecule has 1 atom stereocenters. The molecular formula is C24H24N2O5S. The van der Waals surface area contributed by atoms with Gasteiger partial charge in [-0.2, -0.15) is 4.31 Å². The Hall–Kier alpha value is -3.33. The van der Waals surface area contributed by atoms with Gasteiger partial charge >= 0.3 is 0 Å². The fourth-order valence-corrected chi connectivity index (χ4v) is 4.97. The van der Waals surface area contributed by atoms with Crippen LogP contribution in [0.3, 0.4) is 0 Å². The molecule has 0 fully saturated rings. The van der Waals surface area contributed by atoms with Crippen molar-refractivity contribution in [1.29, 1.82) is 0 Å². The molecule has 0 aromatic heterocycles. The first kappa shape index (κ1) is 23.3. The summed E-state index contributed by atoms with van der Waals surface area (Å²) in [5.74, 6) is 0. The van der Waals surface area contributed by atoms with Crippen LogP contribution in [0.2, 0.25) is 0 Å². The zero-order valence-corrected chi connectivity index (χ0v) is 18.2. The lowest BCUT2D eigenvalue weighted by molar-refractivity contribution is -0.387. The Morgan fingerprint density at radius 3 is 2.09 bits per heavy atom. The maximum Gasteiger partial charge on any atom is 0.289 e. The normalized spacial score (nSPS) is 12.4. The standard InChI is InChI=1S/C24H24N2O5S/c1-2-22(19-31-18-21-13-7-4-8-14-21)25(17-20-11-5-3-6-12-20)32(29,30)24-16-10-9-15-23(24)26(27)28/h2-16,22H,1,17-19H2/t22-/m0/s1. The molecule has 3 aromatic carbocycles. The van der Waals surface area contributed by atoms with E-state index in [-0.39, 0.29) is 18.0 Å². The third-order valence-corrected chi connectivity index (χ3v) is 6.79. The SMILES string of the molecule is C=C[C@@H](COCc1ccccc1)N(Cc1ccccc1)S(=O)(=O)c1ccccc1[N+](=O)[O-]. The molecule has 0 saturated carbocycles. The second-order valence-corrected chi connectivity index (χ2v) is 8.92. The van der Waals surface area contributed by atoms with Gasteiger partial charge in [-0.15, -0.1) is 6.58 Å². The molecule has 0 bridgehead atoms. The van der Waals surface area contributed by atoms with Gasteiger partial charge in [0.05, 0.1) is 24.2 Å². The van der Waals surface area contributed by atoms with Crippen LogP contribution in [-0.2, 0) is 27.9 Å². The highest BCUT2D eigenvalue weighted by Gasteiger charge is 2.35. The average molecular weight is 453 g/mol. The number of nitro benzene ring substituents is 1. The minimum Gasteiger partial charge on any atom is -0.375 e. The van der Waals surface area contributed by atoms with Gasteiger partial charge in [-0.05, 0) is 17.2 Å². The number of hydrogen-bond acceptors (Lipinski definition) is 5. The van der Waals surface area contributed by atoms with Crippen LogP contribution in [0.5, 0.6) is 0 Å². The Labute approximate surface area is 187 Å². The number of nitrogens with zero attached hydrogens (tertiary/aromatic N) is 2. The smallest absolute Gasteiger partial charge is 0.289 e. The highest BCUT2D eigenvalue weighted by molar-refractivity contribution is 7.89. The molecule has 0 unspecified atom stereocenters. The third kappa shape index (κ3) is 5.67. The molecule has 0 aliphatic heterocycles. The first-order chi connectivity index (χ1) is 15.4. The highest BCUT2D eigenvalue weighted by Crippen LogP contribution is 2.29. The molecule has 32 heavy (non-hydrogen) atoms. The van der Waals surface area contributed by atoms with E-state index in [9.17, 15) is 18.5 Å². The van der Waals surface area contributed by atoms with Crippen LogP contribution in [0.4, 0.5) is 5.69 Å². The van der Waals surface area contributed by atoms with Gasteiger partial charge in [0.2, 0.25) is 0 Å². The van der Waals surface area contributed by atoms with Crippen molar-refractivity contribution in [3.8, 4) is 0 Å². The first-order valence-electron chi connectivity index (χ1n) is 9.97. The molecule has 0 heterocycles. The van der Waals surface area contributed by atoms with Crippen LogP contribution in [-0.4, -0.2) is 30.3 Å². The number of ether oxygens (including phenoxy) is 1. The molecule has 166 valence electrons. The number of benzene rings is 3. The van der Waals surface area contributed by atoms with Gasteiger partial charge in [0.1, 0.15) is 0 Å². The summed E-state index contributed by atoms with van der Waals surface area (Å²) in [5, 5.41) is 11.5. The third-order valence-electron chi connectivity index (χ3n) is 4.87.